The maximum atomic E-state index is 5.21. The van der Waals surface area contributed by atoms with Gasteiger partial charge in [-0.1, -0.05) is 146 Å². The summed E-state index contributed by atoms with van der Waals surface area (Å²) in [7, 11) is 0. The monoisotopic (exact) mass is 652 g/mol. The Labute approximate surface area is 296 Å². The lowest BCUT2D eigenvalue weighted by Crippen LogP contribution is -1.96. The second-order valence-electron chi connectivity index (χ2n) is 12.8. The van der Waals surface area contributed by atoms with Crippen molar-refractivity contribution in [2.45, 2.75) is 6.92 Å². The zero-order chi connectivity index (χ0) is 34.1. The van der Waals surface area contributed by atoms with Crippen LogP contribution in [0.4, 0.5) is 0 Å². The normalized spacial score (nSPS) is 11.2. The van der Waals surface area contributed by atoms with Gasteiger partial charge in [-0.2, -0.15) is 0 Å². The van der Waals surface area contributed by atoms with Crippen LogP contribution in [0.15, 0.2) is 176 Å². The van der Waals surface area contributed by atoms with Gasteiger partial charge in [-0.05, 0) is 59.5 Å². The highest BCUT2D eigenvalue weighted by Crippen LogP contribution is 2.37. The van der Waals surface area contributed by atoms with Gasteiger partial charge in [0.1, 0.15) is 0 Å². The summed E-state index contributed by atoms with van der Waals surface area (Å²) in [5, 5.41) is 2.16. The van der Waals surface area contributed by atoms with Crippen LogP contribution in [-0.2, 0) is 0 Å². The number of aromatic nitrogens is 4. The topological polar surface area (TPSA) is 51.6 Å². The Morgan fingerprint density at radius 1 is 0.333 bits per heavy atom. The largest absolute Gasteiger partial charge is 0.251 e. The third kappa shape index (κ3) is 5.94. The molecule has 0 atom stereocenters. The van der Waals surface area contributed by atoms with E-state index in [1.807, 2.05) is 49.4 Å². The molecule has 0 aliphatic rings. The van der Waals surface area contributed by atoms with E-state index in [0.29, 0.717) is 5.82 Å². The molecule has 0 N–H and O–H groups in total. The summed E-state index contributed by atoms with van der Waals surface area (Å²) >= 11 is 0. The summed E-state index contributed by atoms with van der Waals surface area (Å²) in [6.07, 6.45) is 0. The number of rotatable bonds is 6. The van der Waals surface area contributed by atoms with Gasteiger partial charge in [0.25, 0.3) is 0 Å². The lowest BCUT2D eigenvalue weighted by Gasteiger charge is -2.14. The highest BCUT2D eigenvalue weighted by Gasteiger charge is 2.15. The first-order valence-corrected chi connectivity index (χ1v) is 17.1. The third-order valence-electron chi connectivity index (χ3n) is 9.34. The van der Waals surface area contributed by atoms with E-state index in [1.165, 1.54) is 0 Å². The molecule has 9 aromatic rings. The number of fused-ring (bicyclic) bond motifs is 3. The molecule has 0 radical (unpaired) electrons. The number of hydrogen-bond donors (Lipinski definition) is 0. The second-order valence-corrected chi connectivity index (χ2v) is 12.8. The van der Waals surface area contributed by atoms with Crippen molar-refractivity contribution in [3.63, 3.8) is 0 Å². The molecule has 3 heterocycles. The van der Waals surface area contributed by atoms with Gasteiger partial charge in [-0.3, -0.25) is 4.98 Å². The van der Waals surface area contributed by atoms with Crippen molar-refractivity contribution in [3.05, 3.63) is 182 Å². The molecule has 0 saturated heterocycles. The van der Waals surface area contributed by atoms with Gasteiger partial charge in [-0.25, -0.2) is 15.0 Å². The predicted molar refractivity (Wildman–Crippen MR) is 210 cm³/mol. The van der Waals surface area contributed by atoms with Gasteiger partial charge >= 0.3 is 0 Å². The molecule has 240 valence electrons. The second kappa shape index (κ2) is 12.9. The van der Waals surface area contributed by atoms with E-state index in [-0.39, 0.29) is 0 Å². The molecular weight excluding hydrogens is 621 g/mol. The first kappa shape index (κ1) is 30.3. The molecule has 0 aliphatic heterocycles. The smallest absolute Gasteiger partial charge is 0.160 e. The molecule has 0 aliphatic carbocycles. The summed E-state index contributed by atoms with van der Waals surface area (Å²) in [5.41, 5.74) is 14.1. The standard InChI is InChI=1S/C47H32N4/c1-31-23-24-34-25-26-40-41(29-42(32-13-5-2-6-14-32)49-46(40)45(34)48-31)38-21-11-19-36(27-38)37-20-12-22-39(28-37)44-30-43(33-15-7-3-8-16-33)50-47(51-44)35-17-9-4-10-18-35/h2-30H,1H3. The summed E-state index contributed by atoms with van der Waals surface area (Å²) in [6.45, 7) is 2.03. The van der Waals surface area contributed by atoms with Crippen LogP contribution in [0, 0.1) is 6.92 Å². The fraction of sp³-hybridized carbons (Fsp3) is 0.0213. The van der Waals surface area contributed by atoms with Crippen molar-refractivity contribution in [2.75, 3.05) is 0 Å². The van der Waals surface area contributed by atoms with Gasteiger partial charge in [0.15, 0.2) is 5.82 Å². The average Bonchev–Trinajstić information content (AvgIpc) is 3.21. The molecule has 0 saturated carbocycles. The van der Waals surface area contributed by atoms with Crippen LogP contribution in [0.1, 0.15) is 5.69 Å². The minimum absolute atomic E-state index is 0.704. The zero-order valence-electron chi connectivity index (χ0n) is 28.0. The molecule has 4 nitrogen and oxygen atoms in total. The van der Waals surface area contributed by atoms with Gasteiger partial charge in [0.05, 0.1) is 28.1 Å². The molecule has 0 bridgehead atoms. The number of hydrogen-bond acceptors (Lipinski definition) is 4. The first-order valence-electron chi connectivity index (χ1n) is 17.1. The molecule has 0 amide bonds. The van der Waals surface area contributed by atoms with E-state index < -0.39 is 0 Å². The van der Waals surface area contributed by atoms with E-state index in [1.54, 1.807) is 0 Å². The Bertz CT molecular complexity index is 2630. The fourth-order valence-corrected chi connectivity index (χ4v) is 6.76. The first-order chi connectivity index (χ1) is 25.2. The van der Waals surface area contributed by atoms with Gasteiger partial charge < -0.3 is 0 Å². The molecule has 6 aromatic carbocycles. The minimum atomic E-state index is 0.704. The van der Waals surface area contributed by atoms with Crippen molar-refractivity contribution in [1.82, 2.24) is 19.9 Å². The van der Waals surface area contributed by atoms with E-state index in [4.69, 9.17) is 19.9 Å². The molecule has 3 aromatic heterocycles. The van der Waals surface area contributed by atoms with Gasteiger partial charge in [0.2, 0.25) is 0 Å². The fourth-order valence-electron chi connectivity index (χ4n) is 6.76. The van der Waals surface area contributed by atoms with Crippen molar-refractivity contribution in [2.24, 2.45) is 0 Å². The lowest BCUT2D eigenvalue weighted by atomic mass is 9.94. The van der Waals surface area contributed by atoms with E-state index in [9.17, 15) is 0 Å². The Morgan fingerprint density at radius 3 is 1.51 bits per heavy atom. The van der Waals surface area contributed by atoms with Crippen LogP contribution in [-0.4, -0.2) is 19.9 Å². The SMILES string of the molecule is Cc1ccc2ccc3c(-c4cccc(-c5cccc(-c6cc(-c7ccccc7)nc(-c7ccccc7)n6)c5)c4)cc(-c4ccccc4)nc3c2n1. The van der Waals surface area contributed by atoms with Gasteiger partial charge in [-0.15, -0.1) is 0 Å². The average molecular weight is 653 g/mol. The van der Waals surface area contributed by atoms with Gasteiger partial charge in [0, 0.05) is 38.7 Å². The highest BCUT2D eigenvalue weighted by atomic mass is 14.9. The quantitative estimate of drug-likeness (QED) is 0.168. The Balaban J connectivity index is 1.18. The minimum Gasteiger partial charge on any atom is -0.251 e. The van der Waals surface area contributed by atoms with Crippen molar-refractivity contribution >= 4 is 21.8 Å². The van der Waals surface area contributed by atoms with Crippen LogP contribution < -0.4 is 0 Å². The highest BCUT2D eigenvalue weighted by molar-refractivity contribution is 6.09. The van der Waals surface area contributed by atoms with E-state index in [0.717, 1.165) is 89.1 Å². The molecule has 9 rings (SSSR count). The molecule has 0 fully saturated rings. The molecule has 0 unspecified atom stereocenters. The maximum absolute atomic E-state index is 5.21. The molecule has 0 spiro atoms. The summed E-state index contributed by atoms with van der Waals surface area (Å²) < 4.78 is 0. The number of benzene rings is 6. The summed E-state index contributed by atoms with van der Waals surface area (Å²) in [4.78, 5) is 20.2. The van der Waals surface area contributed by atoms with E-state index >= 15 is 0 Å². The van der Waals surface area contributed by atoms with Crippen molar-refractivity contribution in [1.29, 1.82) is 0 Å². The summed E-state index contributed by atoms with van der Waals surface area (Å²) in [5.74, 6) is 0.704. The zero-order valence-corrected chi connectivity index (χ0v) is 28.0. The number of pyridine rings is 2. The van der Waals surface area contributed by atoms with Crippen molar-refractivity contribution in [3.8, 4) is 67.4 Å². The molecule has 4 heteroatoms. The molecular formula is C47H32N4. The Kier molecular flexibility index (Phi) is 7.67. The van der Waals surface area contributed by atoms with Crippen LogP contribution in [0.2, 0.25) is 0 Å². The van der Waals surface area contributed by atoms with E-state index in [2.05, 4.69) is 133 Å². The third-order valence-corrected chi connectivity index (χ3v) is 9.34. The van der Waals surface area contributed by atoms with Crippen molar-refractivity contribution < 1.29 is 0 Å². The Morgan fingerprint density at radius 2 is 0.843 bits per heavy atom. The predicted octanol–water partition coefficient (Wildman–Crippen LogP) is 11.9. The lowest BCUT2D eigenvalue weighted by molar-refractivity contribution is 1.18. The number of aryl methyl sites for hydroxylation is 1. The molecule has 51 heavy (non-hydrogen) atoms. The van der Waals surface area contributed by atoms with Crippen LogP contribution >= 0.6 is 0 Å². The number of nitrogens with zero attached hydrogens (tertiary/aromatic N) is 4. The van der Waals surface area contributed by atoms with Crippen LogP contribution in [0.25, 0.3) is 89.2 Å². The van der Waals surface area contributed by atoms with Crippen LogP contribution in [0.5, 0.6) is 0 Å². The maximum Gasteiger partial charge on any atom is 0.160 e. The Hall–Kier alpha value is -6.78. The van der Waals surface area contributed by atoms with Crippen LogP contribution in [0.3, 0.4) is 0 Å². The summed E-state index contributed by atoms with van der Waals surface area (Å²) in [6, 6.07) is 61.1.